The molecule has 1 aliphatic rings. The third-order valence-electron chi connectivity index (χ3n) is 19.2. The minimum absolute atomic E-state index is 0.0743. The number of aliphatic hydroxyl groups is 1. The number of carbonyl (C=O) groups excluding carboxylic acids is 14. The molecule has 0 spiro atoms. The maximum atomic E-state index is 15.6. The second kappa shape index (κ2) is 40.3. The molecule has 31 nitrogen and oxygen atoms in total. The summed E-state index contributed by atoms with van der Waals surface area (Å²) in [4.78, 5) is 217. The maximum Gasteiger partial charge on any atom is 0.252 e. The van der Waals surface area contributed by atoms with Crippen LogP contribution in [0.5, 0.6) is 0 Å². The van der Waals surface area contributed by atoms with E-state index in [0.29, 0.717) is 11.0 Å². The number of hydrogen-bond donors (Lipinski definition) is 10. The first-order chi connectivity index (χ1) is 48.6. The zero-order valence-electron chi connectivity index (χ0n) is 66.2. The summed E-state index contributed by atoms with van der Waals surface area (Å²) in [6.07, 6.45) is -1.53. The van der Waals surface area contributed by atoms with Crippen molar-refractivity contribution in [3.05, 3.63) is 29.6 Å². The summed E-state index contributed by atoms with van der Waals surface area (Å²) in [6.45, 7) is 28.3. The summed E-state index contributed by atoms with van der Waals surface area (Å²) in [5, 5.41) is 28.7. The summed E-state index contributed by atoms with van der Waals surface area (Å²) in [7, 11) is 9.64. The Morgan fingerprint density at radius 3 is 1.53 bits per heavy atom. The fourth-order valence-electron chi connectivity index (χ4n) is 12.7. The van der Waals surface area contributed by atoms with E-state index in [9.17, 15) is 53.1 Å². The lowest BCUT2D eigenvalue weighted by Gasteiger charge is -2.41. The Labute approximate surface area is 625 Å². The van der Waals surface area contributed by atoms with Gasteiger partial charge in [0.25, 0.3) is 5.91 Å². The van der Waals surface area contributed by atoms with Gasteiger partial charge in [0.05, 0.1) is 23.7 Å². The first kappa shape index (κ1) is 90.8. The second-order valence-corrected chi connectivity index (χ2v) is 31.1. The number of thiol groups is 1. The molecule has 0 unspecified atom stereocenters. The Morgan fingerprint density at radius 2 is 1.04 bits per heavy atom. The number of aromatic nitrogens is 2. The van der Waals surface area contributed by atoms with Crippen LogP contribution in [0.1, 0.15) is 166 Å². The van der Waals surface area contributed by atoms with Gasteiger partial charge in [-0.1, -0.05) is 96.9 Å². The summed E-state index contributed by atoms with van der Waals surface area (Å²) < 4.78 is 0. The highest BCUT2D eigenvalue weighted by Crippen LogP contribution is 2.27. The molecule has 14 amide bonds. The molecule has 0 aliphatic carbocycles. The monoisotopic (exact) mass is 1490 g/mol. The molecule has 14 atom stereocenters. The quantitative estimate of drug-likeness (QED) is 0.0791. The molecular formula is C73H122N16O15S. The number of H-pyrrole nitrogens is 1. The van der Waals surface area contributed by atoms with Crippen LogP contribution in [-0.2, 0) is 68.7 Å². The third-order valence-corrected chi connectivity index (χ3v) is 19.6. The Kier molecular flexibility index (Phi) is 34.9. The van der Waals surface area contributed by atoms with E-state index >= 15 is 19.2 Å². The van der Waals surface area contributed by atoms with Crippen LogP contribution in [-0.4, -0.2) is 272 Å². The lowest BCUT2D eigenvalue weighted by Crippen LogP contribution is -2.63. The number of fused-ring (bicyclic) bond motifs is 1. The molecule has 0 radical (unpaired) electrons. The third kappa shape index (κ3) is 24.6. The number of rotatable bonds is 21. The average molecular weight is 1500 g/mol. The van der Waals surface area contributed by atoms with E-state index in [4.69, 9.17) is 5.73 Å². The minimum atomic E-state index is -1.83. The molecular weight excluding hydrogens is 1370 g/mol. The van der Waals surface area contributed by atoms with Crippen molar-refractivity contribution in [3.8, 4) is 0 Å². The van der Waals surface area contributed by atoms with E-state index in [2.05, 4.69) is 54.5 Å². The Bertz CT molecular complexity index is 3420. The number of aliphatic hydroxyl groups excluding tert-OH is 1. The summed E-state index contributed by atoms with van der Waals surface area (Å²) in [6, 6.07) is -10.9. The van der Waals surface area contributed by atoms with Gasteiger partial charge in [-0.15, -0.1) is 0 Å². The molecule has 3 rings (SSSR count). The largest absolute Gasteiger partial charge is 0.390 e. The van der Waals surface area contributed by atoms with Gasteiger partial charge < -0.3 is 82.0 Å². The molecule has 590 valence electrons. The van der Waals surface area contributed by atoms with Crippen molar-refractivity contribution in [2.75, 3.05) is 61.6 Å². The number of likely N-dealkylation sites (N-methyl/N-ethyl adjacent to an activating group) is 7. The van der Waals surface area contributed by atoms with Crippen molar-refractivity contribution in [2.45, 2.75) is 235 Å². The van der Waals surface area contributed by atoms with Crippen LogP contribution in [0.4, 0.5) is 0 Å². The van der Waals surface area contributed by atoms with Gasteiger partial charge in [-0.2, -0.15) is 12.6 Å². The van der Waals surface area contributed by atoms with Crippen LogP contribution in [0.3, 0.4) is 0 Å². The van der Waals surface area contributed by atoms with Crippen molar-refractivity contribution < 1.29 is 72.2 Å². The first-order valence-corrected chi connectivity index (χ1v) is 37.0. The number of benzene rings is 1. The van der Waals surface area contributed by atoms with Gasteiger partial charge in [0.15, 0.2) is 0 Å². The smallest absolute Gasteiger partial charge is 0.252 e. The summed E-state index contributed by atoms with van der Waals surface area (Å²) in [5.41, 5.74) is 6.17. The fraction of sp³-hybridized carbons (Fsp3) is 0.712. The molecule has 0 saturated carbocycles. The molecule has 32 heteroatoms. The van der Waals surface area contributed by atoms with Gasteiger partial charge in [0.2, 0.25) is 76.8 Å². The van der Waals surface area contributed by atoms with E-state index in [-0.39, 0.29) is 79.3 Å². The minimum Gasteiger partial charge on any atom is -0.390 e. The highest BCUT2D eigenvalue weighted by atomic mass is 32.1. The van der Waals surface area contributed by atoms with Gasteiger partial charge in [0.1, 0.15) is 78.3 Å². The average Bonchev–Trinajstić information content (AvgIpc) is 1.78. The Morgan fingerprint density at radius 1 is 0.562 bits per heavy atom. The molecule has 10 N–H and O–H groups in total. The number of hydrogen-bond acceptors (Lipinski definition) is 17. The van der Waals surface area contributed by atoms with E-state index in [1.54, 1.807) is 47.6 Å². The Balaban J connectivity index is 2.33. The summed E-state index contributed by atoms with van der Waals surface area (Å²) >= 11 is 4.21. The van der Waals surface area contributed by atoms with Crippen LogP contribution in [0.25, 0.3) is 11.0 Å². The van der Waals surface area contributed by atoms with Crippen molar-refractivity contribution in [3.63, 3.8) is 0 Å². The highest BCUT2D eigenvalue weighted by Gasteiger charge is 2.46. The molecule has 1 aromatic carbocycles. The van der Waals surface area contributed by atoms with E-state index in [1.165, 1.54) is 107 Å². The second-order valence-electron chi connectivity index (χ2n) is 30.7. The lowest BCUT2D eigenvalue weighted by atomic mass is 9.91. The number of carbonyl (C=O) groups is 14. The standard InChI is InChI=1S/C73H122N16O15S/c1-25-47-69(100)83(18)34-56(90)84(19)51(28-36(2)3)66(97)82-57(40(10)11)72(103)85(20)52(29-37(4)5)65(96)76-44(16)62(93)77-45(17)68(99)86(21)53(30-38(6)7)70(101)87(22)54(31-39(8)9)71(102)88(23)58(41(12)13)73(104)89(24)59(67(98)80-47)60(91)42(14)32-55-78-48-27-26-46(33-49(48)79-55)63(94)81-50(35-105)64(95)75-43(15)61(74)92/h26-27,33,36-45,47,50-54,57-60,91,105H,25,28-32,34-35H2,1-24H3,(H2,74,92)(H,75,95)(H,76,96)(H,77,93)(H,78,79)(H,80,98)(H,81,94)(H,82,97)/t42-,43+,44+,45-,47+,50+,51+,52+,53+,54+,57+,58+,59+,60-/m1/s1. The van der Waals surface area contributed by atoms with Gasteiger partial charge in [0, 0.05) is 67.1 Å². The number of nitrogens with one attached hydrogen (secondary N) is 7. The molecule has 1 fully saturated rings. The van der Waals surface area contributed by atoms with Crippen molar-refractivity contribution in [1.82, 2.24) is 76.2 Å². The van der Waals surface area contributed by atoms with Gasteiger partial charge >= 0.3 is 0 Å². The SMILES string of the molecule is CC[C@@H]1NC(=O)[C@H]([C@H](O)[C@H](C)Cc2nc3ccc(C(=O)N[C@@H](CS)C(=O)N[C@@H](C)C(N)=O)cc3[nH]2)N(C)C(=O)[C@H](C(C)C)N(C)C(=O)[C@H](CC(C)C)N(C)C(=O)[C@H](CC(C)C)N(C)C(=O)[C@@H](C)NC(=O)[C@H](C)NC(=O)[C@H](CC(C)C)N(C)C(=O)[C@H](C(C)C)NC(=O)[C@H](CC(C)C)N(C)C(=O)CN(C)C1=O. The lowest BCUT2D eigenvalue weighted by molar-refractivity contribution is -0.157. The van der Waals surface area contributed by atoms with Crippen molar-refractivity contribution in [2.24, 2.45) is 47.2 Å². The normalized spacial score (nSPS) is 24.5. The van der Waals surface area contributed by atoms with Crippen LogP contribution in [0, 0.1) is 41.4 Å². The van der Waals surface area contributed by atoms with Crippen LogP contribution in [0.2, 0.25) is 0 Å². The first-order valence-electron chi connectivity index (χ1n) is 36.4. The predicted molar refractivity (Wildman–Crippen MR) is 401 cm³/mol. The number of amides is 14. The predicted octanol–water partition coefficient (Wildman–Crippen LogP) is 1.44. The van der Waals surface area contributed by atoms with E-state index < -0.39 is 186 Å². The number of imidazole rings is 1. The van der Waals surface area contributed by atoms with E-state index in [0.717, 1.165) is 9.80 Å². The molecule has 1 aromatic heterocycles. The van der Waals surface area contributed by atoms with Gasteiger partial charge in [-0.05, 0) is 112 Å². The molecule has 105 heavy (non-hydrogen) atoms. The number of primary amides is 1. The van der Waals surface area contributed by atoms with E-state index in [1.807, 2.05) is 55.4 Å². The Hall–Kier alpha value is -8.42. The van der Waals surface area contributed by atoms with Crippen molar-refractivity contribution >= 4 is 106 Å². The molecule has 1 aliphatic heterocycles. The van der Waals surface area contributed by atoms with Crippen LogP contribution < -0.4 is 37.6 Å². The highest BCUT2D eigenvalue weighted by molar-refractivity contribution is 7.80. The molecule has 2 aromatic rings. The topological polar surface area (TPSA) is 409 Å². The van der Waals surface area contributed by atoms with Crippen molar-refractivity contribution in [1.29, 1.82) is 0 Å². The zero-order chi connectivity index (χ0) is 80.4. The fourth-order valence-corrected chi connectivity index (χ4v) is 13.0. The van der Waals surface area contributed by atoms with Crippen LogP contribution >= 0.6 is 12.6 Å². The molecule has 0 bridgehead atoms. The molecule has 1 saturated heterocycles. The van der Waals surface area contributed by atoms with Gasteiger partial charge in [-0.25, -0.2) is 4.98 Å². The van der Waals surface area contributed by atoms with Crippen LogP contribution in [0.15, 0.2) is 18.2 Å². The number of nitrogens with zero attached hydrogens (tertiary/aromatic N) is 8. The molecule has 2 heterocycles. The summed E-state index contributed by atoms with van der Waals surface area (Å²) in [5.74, 6) is -13.1. The number of nitrogens with two attached hydrogens (primary N) is 1. The maximum absolute atomic E-state index is 15.6. The number of aromatic amines is 1. The zero-order valence-corrected chi connectivity index (χ0v) is 67.1. The van der Waals surface area contributed by atoms with Gasteiger partial charge in [-0.3, -0.25) is 67.1 Å².